The standard InChI is InChI=1S/C26H31N5O2S/c1-14-10-15(2)29-22(21(14)30-17-6-8-27-12-17)19-7-9-28-20-11-18(34-23(19)20)13-31-24(32)16(3)26(4,5)25(31)33/h7,9-11,16-17,27,30H,6,8,12-13H2,1-5H3. The number of rotatable bonds is 5. The van der Waals surface area contributed by atoms with Crippen molar-refractivity contribution in [3.63, 3.8) is 0 Å². The Morgan fingerprint density at radius 1 is 1.26 bits per heavy atom. The van der Waals surface area contributed by atoms with Gasteiger partial charge in [0.2, 0.25) is 11.8 Å². The predicted molar refractivity (Wildman–Crippen MR) is 136 cm³/mol. The molecule has 2 aliphatic rings. The molecule has 8 heteroatoms. The van der Waals surface area contributed by atoms with Gasteiger partial charge in [0, 0.05) is 40.8 Å². The highest BCUT2D eigenvalue weighted by Gasteiger charge is 2.51. The number of fused-ring (bicyclic) bond motifs is 1. The second-order valence-corrected chi connectivity index (χ2v) is 11.2. The van der Waals surface area contributed by atoms with Gasteiger partial charge in [-0.25, -0.2) is 0 Å². The summed E-state index contributed by atoms with van der Waals surface area (Å²) in [7, 11) is 0. The SMILES string of the molecule is Cc1cc(C)c(NC2CCNC2)c(-c2ccnc3cc(CN4C(=O)C(C)C(C)(C)C4=O)sc23)n1. The molecule has 0 bridgehead atoms. The van der Waals surface area contributed by atoms with E-state index in [1.807, 2.05) is 46.0 Å². The van der Waals surface area contributed by atoms with Gasteiger partial charge >= 0.3 is 0 Å². The number of carbonyl (C=O) groups is 2. The van der Waals surface area contributed by atoms with Crippen LogP contribution >= 0.6 is 11.3 Å². The highest BCUT2D eigenvalue weighted by molar-refractivity contribution is 7.19. The van der Waals surface area contributed by atoms with E-state index in [4.69, 9.17) is 4.98 Å². The van der Waals surface area contributed by atoms with Gasteiger partial charge < -0.3 is 10.6 Å². The zero-order chi connectivity index (χ0) is 24.2. The molecule has 2 atom stereocenters. The summed E-state index contributed by atoms with van der Waals surface area (Å²) in [6.07, 6.45) is 2.89. The molecule has 2 amide bonds. The molecule has 0 aromatic carbocycles. The van der Waals surface area contributed by atoms with Crippen molar-refractivity contribution in [2.75, 3.05) is 18.4 Å². The number of nitrogens with zero attached hydrogens (tertiary/aromatic N) is 3. The number of amides is 2. The van der Waals surface area contributed by atoms with E-state index in [9.17, 15) is 9.59 Å². The van der Waals surface area contributed by atoms with Crippen LogP contribution in [0.15, 0.2) is 24.4 Å². The lowest BCUT2D eigenvalue weighted by Gasteiger charge is -2.19. The first kappa shape index (κ1) is 22.9. The van der Waals surface area contributed by atoms with Gasteiger partial charge in [-0.3, -0.25) is 24.5 Å². The van der Waals surface area contributed by atoms with Crippen LogP contribution in [0, 0.1) is 25.2 Å². The van der Waals surface area contributed by atoms with Crippen molar-refractivity contribution in [2.45, 2.75) is 53.6 Å². The summed E-state index contributed by atoms with van der Waals surface area (Å²) in [5.41, 5.74) is 5.33. The zero-order valence-corrected chi connectivity index (χ0v) is 21.2. The molecule has 3 aromatic heterocycles. The number of imide groups is 1. The summed E-state index contributed by atoms with van der Waals surface area (Å²) in [6, 6.07) is 6.49. The van der Waals surface area contributed by atoms with Crippen LogP contribution in [-0.4, -0.2) is 45.8 Å². The van der Waals surface area contributed by atoms with Crippen LogP contribution < -0.4 is 10.6 Å². The van der Waals surface area contributed by atoms with E-state index < -0.39 is 5.41 Å². The molecular formula is C26H31N5O2S. The van der Waals surface area contributed by atoms with Crippen LogP contribution in [0.1, 0.15) is 43.3 Å². The third-order valence-corrected chi connectivity index (χ3v) is 8.44. The van der Waals surface area contributed by atoms with E-state index in [0.717, 1.165) is 57.2 Å². The topological polar surface area (TPSA) is 87.2 Å². The third kappa shape index (κ3) is 3.79. The van der Waals surface area contributed by atoms with Gasteiger partial charge in [-0.1, -0.05) is 20.8 Å². The Morgan fingerprint density at radius 3 is 2.74 bits per heavy atom. The summed E-state index contributed by atoms with van der Waals surface area (Å²) in [6.45, 7) is 11.9. The number of aryl methyl sites for hydroxylation is 2. The fraction of sp³-hybridized carbons (Fsp3) is 0.462. The molecule has 5 rings (SSSR count). The first-order chi connectivity index (χ1) is 16.2. The summed E-state index contributed by atoms with van der Waals surface area (Å²) >= 11 is 1.59. The minimum atomic E-state index is -0.671. The minimum Gasteiger partial charge on any atom is -0.379 e. The lowest BCUT2D eigenvalue weighted by molar-refractivity contribution is -0.141. The van der Waals surface area contributed by atoms with Crippen molar-refractivity contribution >= 4 is 39.1 Å². The summed E-state index contributed by atoms with van der Waals surface area (Å²) in [5, 5.41) is 7.14. The number of thiophene rings is 1. The molecule has 0 radical (unpaired) electrons. The molecule has 5 heterocycles. The second kappa shape index (κ2) is 8.43. The number of pyridine rings is 2. The van der Waals surface area contributed by atoms with Gasteiger partial charge in [-0.2, -0.15) is 0 Å². The van der Waals surface area contributed by atoms with E-state index in [1.165, 1.54) is 10.5 Å². The predicted octanol–water partition coefficient (Wildman–Crippen LogP) is 4.28. The third-order valence-electron chi connectivity index (χ3n) is 7.30. The Kier molecular flexibility index (Phi) is 5.68. The Labute approximate surface area is 204 Å². The maximum atomic E-state index is 12.9. The Morgan fingerprint density at radius 2 is 2.06 bits per heavy atom. The normalized spacial score (nSPS) is 22.2. The van der Waals surface area contributed by atoms with Gasteiger partial charge in [-0.05, 0) is 50.6 Å². The van der Waals surface area contributed by atoms with E-state index in [0.29, 0.717) is 6.04 Å². The average molecular weight is 478 g/mol. The van der Waals surface area contributed by atoms with Crippen LogP contribution in [0.3, 0.4) is 0 Å². The lowest BCUT2D eigenvalue weighted by Crippen LogP contribution is -2.32. The second-order valence-electron chi connectivity index (χ2n) is 10.1. The number of hydrogen-bond donors (Lipinski definition) is 2. The van der Waals surface area contributed by atoms with Gasteiger partial charge in [0.1, 0.15) is 0 Å². The van der Waals surface area contributed by atoms with E-state index in [1.54, 1.807) is 11.3 Å². The number of nitrogens with one attached hydrogen (secondary N) is 2. The van der Waals surface area contributed by atoms with Gasteiger partial charge in [0.15, 0.2) is 0 Å². The number of hydrogen-bond acceptors (Lipinski definition) is 7. The monoisotopic (exact) mass is 477 g/mol. The van der Waals surface area contributed by atoms with Crippen molar-refractivity contribution in [2.24, 2.45) is 11.3 Å². The van der Waals surface area contributed by atoms with Crippen LogP contribution in [0.2, 0.25) is 0 Å². The van der Waals surface area contributed by atoms with Crippen LogP contribution in [0.4, 0.5) is 5.69 Å². The van der Waals surface area contributed by atoms with Gasteiger partial charge in [0.05, 0.1) is 33.6 Å². The fourth-order valence-electron chi connectivity index (χ4n) is 4.93. The first-order valence-corrected chi connectivity index (χ1v) is 12.7. The van der Waals surface area contributed by atoms with Crippen LogP contribution in [0.5, 0.6) is 0 Å². The molecule has 2 saturated heterocycles. The van der Waals surface area contributed by atoms with E-state index in [2.05, 4.69) is 28.6 Å². The van der Waals surface area contributed by atoms with E-state index >= 15 is 0 Å². The molecule has 0 spiro atoms. The molecule has 2 aliphatic heterocycles. The van der Waals surface area contributed by atoms with Crippen LogP contribution in [0.25, 0.3) is 21.5 Å². The molecule has 3 aromatic rings. The zero-order valence-electron chi connectivity index (χ0n) is 20.4. The molecule has 2 N–H and O–H groups in total. The Balaban J connectivity index is 1.54. The lowest BCUT2D eigenvalue weighted by atomic mass is 9.82. The van der Waals surface area contributed by atoms with Crippen molar-refractivity contribution in [3.8, 4) is 11.3 Å². The van der Waals surface area contributed by atoms with Crippen LogP contribution in [-0.2, 0) is 16.1 Å². The molecule has 0 saturated carbocycles. The molecule has 2 unspecified atom stereocenters. The number of anilines is 1. The molecule has 7 nitrogen and oxygen atoms in total. The maximum absolute atomic E-state index is 12.9. The summed E-state index contributed by atoms with van der Waals surface area (Å²) in [4.78, 5) is 37.6. The Hall–Kier alpha value is -2.84. The van der Waals surface area contributed by atoms with Crippen molar-refractivity contribution in [3.05, 3.63) is 40.5 Å². The highest BCUT2D eigenvalue weighted by atomic mass is 32.1. The number of likely N-dealkylation sites (tertiary alicyclic amines) is 1. The van der Waals surface area contributed by atoms with E-state index in [-0.39, 0.29) is 24.3 Å². The molecular weight excluding hydrogens is 446 g/mol. The minimum absolute atomic E-state index is 0.103. The molecule has 34 heavy (non-hydrogen) atoms. The van der Waals surface area contributed by atoms with Crippen molar-refractivity contribution in [1.82, 2.24) is 20.2 Å². The number of aromatic nitrogens is 2. The molecule has 2 fully saturated rings. The van der Waals surface area contributed by atoms with Crippen molar-refractivity contribution in [1.29, 1.82) is 0 Å². The highest BCUT2D eigenvalue weighted by Crippen LogP contribution is 2.41. The number of carbonyl (C=O) groups excluding carboxylic acids is 2. The van der Waals surface area contributed by atoms with Crippen molar-refractivity contribution < 1.29 is 9.59 Å². The Bertz CT molecular complexity index is 1290. The summed E-state index contributed by atoms with van der Waals surface area (Å²) in [5.74, 6) is -0.530. The molecule has 178 valence electrons. The average Bonchev–Trinajstić information content (AvgIpc) is 3.49. The quantitative estimate of drug-likeness (QED) is 0.534. The largest absolute Gasteiger partial charge is 0.379 e. The van der Waals surface area contributed by atoms with Gasteiger partial charge in [-0.15, -0.1) is 11.3 Å². The fourth-order valence-corrected chi connectivity index (χ4v) is 6.05. The first-order valence-electron chi connectivity index (χ1n) is 11.9. The smallest absolute Gasteiger partial charge is 0.235 e. The summed E-state index contributed by atoms with van der Waals surface area (Å²) < 4.78 is 1.02. The molecule has 0 aliphatic carbocycles. The van der Waals surface area contributed by atoms with Gasteiger partial charge in [0.25, 0.3) is 0 Å². The maximum Gasteiger partial charge on any atom is 0.235 e.